The highest BCUT2D eigenvalue weighted by atomic mass is 32.2. The van der Waals surface area contributed by atoms with Gasteiger partial charge in [-0.15, -0.1) is 0 Å². The molecule has 0 atom stereocenters. The molecule has 0 aliphatic carbocycles. The van der Waals surface area contributed by atoms with E-state index in [2.05, 4.69) is 15.2 Å². The second-order valence-electron chi connectivity index (χ2n) is 6.55. The lowest BCUT2D eigenvalue weighted by Crippen LogP contribution is -2.43. The number of piperazine rings is 1. The van der Waals surface area contributed by atoms with Crippen LogP contribution in [0, 0.1) is 0 Å². The zero-order chi connectivity index (χ0) is 22.4. The Morgan fingerprint density at radius 3 is 2.45 bits per heavy atom. The number of anilines is 1. The fraction of sp³-hybridized carbons (Fsp3) is 0.300. The summed E-state index contributed by atoms with van der Waals surface area (Å²) in [6.07, 6.45) is 3.34. The third-order valence-electron chi connectivity index (χ3n) is 4.88. The summed E-state index contributed by atoms with van der Waals surface area (Å²) >= 11 is 0. The molecule has 3 aromatic rings. The van der Waals surface area contributed by atoms with Crippen LogP contribution in [0.15, 0.2) is 47.6 Å². The molecule has 0 unspecified atom stereocenters. The molecular weight excluding hydrogens is 424 g/mol. The first-order valence-electron chi connectivity index (χ1n) is 9.45. The van der Waals surface area contributed by atoms with Crippen molar-refractivity contribution in [1.29, 1.82) is 0 Å². The van der Waals surface area contributed by atoms with Crippen molar-refractivity contribution in [3.05, 3.63) is 42.7 Å². The summed E-state index contributed by atoms with van der Waals surface area (Å²) in [4.78, 5) is 15.1. The van der Waals surface area contributed by atoms with E-state index in [0.717, 1.165) is 31.9 Å². The topological polar surface area (TPSA) is 123 Å². The average molecular weight is 449 g/mol. The molecule has 0 bridgehead atoms. The molecular formula is C20H24N4O6S. The molecule has 1 aromatic carbocycles. The van der Waals surface area contributed by atoms with Gasteiger partial charge in [-0.05, 0) is 24.3 Å². The van der Waals surface area contributed by atoms with Gasteiger partial charge in [0.05, 0.1) is 30.3 Å². The minimum Gasteiger partial charge on any atom is -0.493 e. The van der Waals surface area contributed by atoms with Crippen molar-refractivity contribution < 1.29 is 27.8 Å². The maximum absolute atomic E-state index is 13.4. The molecule has 2 aromatic heterocycles. The molecule has 1 fully saturated rings. The van der Waals surface area contributed by atoms with Gasteiger partial charge >= 0.3 is 0 Å². The summed E-state index contributed by atoms with van der Waals surface area (Å²) in [5.41, 5.74) is 2.04. The van der Waals surface area contributed by atoms with Gasteiger partial charge in [0.25, 0.3) is 16.5 Å². The Labute approximate surface area is 180 Å². The molecule has 1 aliphatic rings. The van der Waals surface area contributed by atoms with Crippen molar-refractivity contribution in [2.45, 2.75) is 4.90 Å². The number of aromatic nitrogens is 2. The monoisotopic (exact) mass is 448 g/mol. The molecule has 0 saturated carbocycles. The second-order valence-corrected chi connectivity index (χ2v) is 8.36. The number of methoxy groups -OCH3 is 2. The molecule has 31 heavy (non-hydrogen) atoms. The van der Waals surface area contributed by atoms with Crippen molar-refractivity contribution in [2.75, 3.05) is 45.3 Å². The maximum atomic E-state index is 13.4. The number of pyridine rings is 1. The molecule has 1 aliphatic heterocycles. The number of benzene rings is 1. The molecule has 11 heteroatoms. The molecule has 3 heterocycles. The van der Waals surface area contributed by atoms with Crippen LogP contribution in [0.4, 0.5) is 5.69 Å². The SMILES string of the molecule is COc1ccc(S(=O)(=O)n2cc(N3CCNCC3)c3ncccc32)cc1OC.O=CO. The van der Waals surface area contributed by atoms with Crippen molar-refractivity contribution in [1.82, 2.24) is 14.3 Å². The highest BCUT2D eigenvalue weighted by Crippen LogP contribution is 2.34. The Hall–Kier alpha value is -3.31. The van der Waals surface area contributed by atoms with Crippen LogP contribution < -0.4 is 19.7 Å². The molecule has 10 nitrogen and oxygen atoms in total. The van der Waals surface area contributed by atoms with Gasteiger partial charge in [-0.2, -0.15) is 0 Å². The Balaban J connectivity index is 0.000000858. The third kappa shape index (κ3) is 4.42. The zero-order valence-electron chi connectivity index (χ0n) is 17.2. The minimum absolute atomic E-state index is 0.123. The summed E-state index contributed by atoms with van der Waals surface area (Å²) in [7, 11) is -0.853. The third-order valence-corrected chi connectivity index (χ3v) is 6.55. The molecule has 2 N–H and O–H groups in total. The number of fused-ring (bicyclic) bond motifs is 1. The van der Waals surface area contributed by atoms with Gasteiger partial charge in [-0.3, -0.25) is 9.78 Å². The number of hydrogen-bond donors (Lipinski definition) is 2. The van der Waals surface area contributed by atoms with Crippen LogP contribution in [-0.2, 0) is 14.8 Å². The van der Waals surface area contributed by atoms with Gasteiger partial charge in [0.2, 0.25) is 0 Å². The van der Waals surface area contributed by atoms with E-state index in [-0.39, 0.29) is 11.4 Å². The van der Waals surface area contributed by atoms with E-state index >= 15 is 0 Å². The van der Waals surface area contributed by atoms with Crippen LogP contribution in [-0.4, -0.2) is 69.4 Å². The Morgan fingerprint density at radius 1 is 1.13 bits per heavy atom. The fourth-order valence-corrected chi connectivity index (χ4v) is 4.81. The van der Waals surface area contributed by atoms with Gasteiger partial charge < -0.3 is 24.8 Å². The van der Waals surface area contributed by atoms with Crippen molar-refractivity contribution >= 4 is 33.2 Å². The summed E-state index contributed by atoms with van der Waals surface area (Å²) in [6.45, 7) is 3.04. The lowest BCUT2D eigenvalue weighted by molar-refractivity contribution is -0.122. The Bertz CT molecular complexity index is 1160. The zero-order valence-corrected chi connectivity index (χ0v) is 18.0. The largest absolute Gasteiger partial charge is 0.493 e. The van der Waals surface area contributed by atoms with Gasteiger partial charge in [-0.1, -0.05) is 0 Å². The van der Waals surface area contributed by atoms with E-state index < -0.39 is 10.0 Å². The first-order chi connectivity index (χ1) is 15.0. The highest BCUT2D eigenvalue weighted by Gasteiger charge is 2.25. The van der Waals surface area contributed by atoms with Crippen LogP contribution in [0.3, 0.4) is 0 Å². The number of nitrogens with one attached hydrogen (secondary N) is 1. The Morgan fingerprint density at radius 2 is 1.81 bits per heavy atom. The molecule has 166 valence electrons. The summed E-state index contributed by atoms with van der Waals surface area (Å²) < 4.78 is 38.6. The number of hydrogen-bond acceptors (Lipinski definition) is 8. The normalized spacial score (nSPS) is 13.9. The van der Waals surface area contributed by atoms with Crippen LogP contribution in [0.25, 0.3) is 11.0 Å². The van der Waals surface area contributed by atoms with E-state index in [9.17, 15) is 8.42 Å². The van der Waals surface area contributed by atoms with E-state index in [1.165, 1.54) is 30.3 Å². The van der Waals surface area contributed by atoms with Gasteiger partial charge in [0, 0.05) is 44.6 Å². The van der Waals surface area contributed by atoms with E-state index in [0.29, 0.717) is 22.5 Å². The number of carboxylic acid groups (broad SMARTS) is 1. The number of carbonyl (C=O) groups is 1. The first kappa shape index (κ1) is 22.4. The molecule has 1 saturated heterocycles. The van der Waals surface area contributed by atoms with E-state index in [1.807, 2.05) is 0 Å². The predicted molar refractivity (Wildman–Crippen MR) is 116 cm³/mol. The van der Waals surface area contributed by atoms with Crippen molar-refractivity contribution in [3.63, 3.8) is 0 Å². The average Bonchev–Trinajstić information content (AvgIpc) is 3.20. The Kier molecular flexibility index (Phi) is 6.98. The maximum Gasteiger partial charge on any atom is 0.290 e. The molecule has 0 amide bonds. The number of rotatable bonds is 5. The summed E-state index contributed by atoms with van der Waals surface area (Å²) in [5.74, 6) is 0.836. The lowest BCUT2D eigenvalue weighted by atomic mass is 10.3. The van der Waals surface area contributed by atoms with Crippen LogP contribution in [0.1, 0.15) is 0 Å². The van der Waals surface area contributed by atoms with Gasteiger partial charge in [0.1, 0.15) is 5.52 Å². The van der Waals surface area contributed by atoms with Gasteiger partial charge in [-0.25, -0.2) is 12.4 Å². The highest BCUT2D eigenvalue weighted by molar-refractivity contribution is 7.90. The lowest BCUT2D eigenvalue weighted by Gasteiger charge is -2.28. The number of ether oxygens (including phenoxy) is 2. The van der Waals surface area contributed by atoms with Crippen LogP contribution in [0.2, 0.25) is 0 Å². The summed E-state index contributed by atoms with van der Waals surface area (Å²) in [5, 5.41) is 10.2. The van der Waals surface area contributed by atoms with E-state index in [4.69, 9.17) is 19.4 Å². The second kappa shape index (κ2) is 9.67. The van der Waals surface area contributed by atoms with Crippen LogP contribution in [0.5, 0.6) is 11.5 Å². The quantitative estimate of drug-likeness (QED) is 0.558. The number of nitrogens with zero attached hydrogens (tertiary/aromatic N) is 3. The smallest absolute Gasteiger partial charge is 0.290 e. The molecule has 4 rings (SSSR count). The predicted octanol–water partition coefficient (Wildman–Crippen LogP) is 1.40. The van der Waals surface area contributed by atoms with Crippen molar-refractivity contribution in [3.8, 4) is 11.5 Å². The molecule has 0 spiro atoms. The van der Waals surface area contributed by atoms with Gasteiger partial charge in [0.15, 0.2) is 11.5 Å². The first-order valence-corrected chi connectivity index (χ1v) is 10.9. The van der Waals surface area contributed by atoms with Crippen LogP contribution >= 0.6 is 0 Å². The van der Waals surface area contributed by atoms with E-state index in [1.54, 1.807) is 30.6 Å². The standard InChI is InChI=1S/C19H22N4O4S.CH2O2/c1-26-17-6-5-14(12-18(17)27-2)28(24,25)23-13-16(22-10-8-20-9-11-22)19-15(23)4-3-7-21-19;2-1-3/h3-7,12-13,20H,8-11H2,1-2H3;1H,(H,2,3). The molecule has 0 radical (unpaired) electrons. The summed E-state index contributed by atoms with van der Waals surface area (Å²) in [6, 6.07) is 8.09. The minimum atomic E-state index is -3.84. The fourth-order valence-electron chi connectivity index (χ4n) is 3.44. The van der Waals surface area contributed by atoms with Crippen molar-refractivity contribution in [2.24, 2.45) is 0 Å².